The van der Waals surface area contributed by atoms with Crippen LogP contribution < -0.4 is 10.1 Å². The maximum absolute atomic E-state index is 12.1. The summed E-state index contributed by atoms with van der Waals surface area (Å²) in [6.45, 7) is 0.357. The number of aryl methyl sites for hydroxylation is 1. The zero-order chi connectivity index (χ0) is 19.9. The average molecular weight is 391 g/mol. The molecule has 1 atom stereocenters. The number of amides is 1. The number of rotatable bonds is 9. The summed E-state index contributed by atoms with van der Waals surface area (Å²) in [5.41, 5.74) is 1.84. The van der Waals surface area contributed by atoms with Crippen molar-refractivity contribution >= 4 is 15.7 Å². The van der Waals surface area contributed by atoms with E-state index < -0.39 is 9.84 Å². The molecule has 6 nitrogen and oxygen atoms in total. The summed E-state index contributed by atoms with van der Waals surface area (Å²) in [5.74, 6) is 0.644. The van der Waals surface area contributed by atoms with Crippen LogP contribution in [0.3, 0.4) is 0 Å². The van der Waals surface area contributed by atoms with Gasteiger partial charge in [-0.3, -0.25) is 4.79 Å². The molecule has 2 aromatic rings. The van der Waals surface area contributed by atoms with E-state index in [-0.39, 0.29) is 16.9 Å². The van der Waals surface area contributed by atoms with Crippen LogP contribution in [0.1, 0.15) is 23.7 Å². The summed E-state index contributed by atoms with van der Waals surface area (Å²) in [6.07, 6.45) is 1.75. The van der Waals surface area contributed by atoms with E-state index in [1.807, 2.05) is 24.3 Å². The van der Waals surface area contributed by atoms with Gasteiger partial charge in [-0.05, 0) is 41.8 Å². The van der Waals surface area contributed by atoms with Crippen molar-refractivity contribution in [3.8, 4) is 5.75 Å². The molecule has 0 heterocycles. The predicted octanol–water partition coefficient (Wildman–Crippen LogP) is 2.54. The van der Waals surface area contributed by atoms with Crippen LogP contribution in [0.2, 0.25) is 0 Å². The molecule has 1 unspecified atom stereocenters. The Bertz CT molecular complexity index is 862. The largest absolute Gasteiger partial charge is 0.497 e. The summed E-state index contributed by atoms with van der Waals surface area (Å²) in [7, 11) is -0.00630. The molecule has 146 valence electrons. The number of hydrogen-bond donors (Lipinski definition) is 1. The number of hydrogen-bond acceptors (Lipinski definition) is 5. The van der Waals surface area contributed by atoms with Crippen LogP contribution >= 0.6 is 0 Å². The molecule has 0 aliphatic rings. The highest BCUT2D eigenvalue weighted by Crippen LogP contribution is 2.21. The van der Waals surface area contributed by atoms with Crippen molar-refractivity contribution in [2.24, 2.45) is 0 Å². The summed E-state index contributed by atoms with van der Waals surface area (Å²) in [5, 5.41) is 2.87. The maximum atomic E-state index is 12.1. The third-order valence-corrected chi connectivity index (χ3v) is 5.36. The molecule has 0 aliphatic carbocycles. The summed E-state index contributed by atoms with van der Waals surface area (Å²) in [4.78, 5) is 12.4. The summed E-state index contributed by atoms with van der Waals surface area (Å²) < 4.78 is 33.6. The third kappa shape index (κ3) is 6.37. The Morgan fingerprint density at radius 2 is 1.81 bits per heavy atom. The molecule has 0 radical (unpaired) electrons. The Morgan fingerprint density at radius 1 is 1.11 bits per heavy atom. The van der Waals surface area contributed by atoms with Crippen LogP contribution in [-0.4, -0.2) is 41.3 Å². The van der Waals surface area contributed by atoms with Crippen molar-refractivity contribution in [3.63, 3.8) is 0 Å². The van der Waals surface area contributed by atoms with E-state index in [1.165, 1.54) is 6.26 Å². The lowest BCUT2D eigenvalue weighted by Gasteiger charge is -2.17. The lowest BCUT2D eigenvalue weighted by atomic mass is 10.1. The van der Waals surface area contributed by atoms with Crippen LogP contribution in [0.25, 0.3) is 0 Å². The first-order chi connectivity index (χ1) is 12.8. The van der Waals surface area contributed by atoms with Gasteiger partial charge in [-0.2, -0.15) is 0 Å². The number of ether oxygens (including phenoxy) is 2. The lowest BCUT2D eigenvalue weighted by Crippen LogP contribution is -2.29. The highest BCUT2D eigenvalue weighted by atomic mass is 32.2. The minimum atomic E-state index is -3.21. The number of carbonyl (C=O) groups excluding carboxylic acids is 1. The Kier molecular flexibility index (Phi) is 7.38. The average Bonchev–Trinajstić information content (AvgIpc) is 2.66. The molecule has 0 spiro atoms. The molecule has 27 heavy (non-hydrogen) atoms. The Morgan fingerprint density at radius 3 is 2.41 bits per heavy atom. The van der Waals surface area contributed by atoms with Crippen LogP contribution in [0.5, 0.6) is 5.75 Å². The van der Waals surface area contributed by atoms with Gasteiger partial charge in [0.25, 0.3) is 0 Å². The smallest absolute Gasteiger partial charge is 0.220 e. The zero-order valence-corrected chi connectivity index (χ0v) is 16.6. The van der Waals surface area contributed by atoms with Crippen molar-refractivity contribution in [2.75, 3.05) is 27.0 Å². The first kappa shape index (κ1) is 20.9. The predicted molar refractivity (Wildman–Crippen MR) is 104 cm³/mol. The van der Waals surface area contributed by atoms with E-state index in [0.717, 1.165) is 16.9 Å². The number of nitrogens with one attached hydrogen (secondary N) is 1. The van der Waals surface area contributed by atoms with Gasteiger partial charge in [-0.15, -0.1) is 0 Å². The van der Waals surface area contributed by atoms with Gasteiger partial charge in [0.15, 0.2) is 9.84 Å². The van der Waals surface area contributed by atoms with Crippen LogP contribution in [0, 0.1) is 0 Å². The van der Waals surface area contributed by atoms with Gasteiger partial charge in [0.05, 0.1) is 18.1 Å². The highest BCUT2D eigenvalue weighted by Gasteiger charge is 2.13. The molecule has 2 rings (SSSR count). The number of methoxy groups -OCH3 is 2. The Hall–Kier alpha value is -2.38. The molecule has 0 aromatic heterocycles. The van der Waals surface area contributed by atoms with Crippen molar-refractivity contribution in [1.82, 2.24) is 5.32 Å². The van der Waals surface area contributed by atoms with Gasteiger partial charge in [0, 0.05) is 26.3 Å². The highest BCUT2D eigenvalue weighted by molar-refractivity contribution is 7.90. The molecule has 0 aliphatic heterocycles. The van der Waals surface area contributed by atoms with E-state index >= 15 is 0 Å². The SMILES string of the molecule is COc1cccc(C(CNC(=O)CCc2ccc(S(C)(=O)=O)cc2)OC)c1. The number of carbonyl (C=O) groups is 1. The minimum Gasteiger partial charge on any atom is -0.497 e. The molecular formula is C20H25NO5S. The minimum absolute atomic E-state index is 0.0906. The van der Waals surface area contributed by atoms with E-state index in [0.29, 0.717) is 19.4 Å². The van der Waals surface area contributed by atoms with Crippen LogP contribution in [0.4, 0.5) is 0 Å². The second kappa shape index (κ2) is 9.53. The van der Waals surface area contributed by atoms with Gasteiger partial charge in [-0.25, -0.2) is 8.42 Å². The molecule has 0 fully saturated rings. The quantitative estimate of drug-likeness (QED) is 0.710. The fourth-order valence-electron chi connectivity index (χ4n) is 2.64. The molecule has 1 N–H and O–H groups in total. The molecule has 0 saturated heterocycles. The van der Waals surface area contributed by atoms with E-state index in [2.05, 4.69) is 5.32 Å². The van der Waals surface area contributed by atoms with Crippen LogP contribution in [0.15, 0.2) is 53.4 Å². The standard InChI is InChI=1S/C20H25NO5S/c1-25-17-6-4-5-16(13-17)19(26-2)14-21-20(22)12-9-15-7-10-18(11-8-15)27(3,23)24/h4-8,10-11,13,19H,9,12,14H2,1-3H3,(H,21,22). The van der Waals surface area contributed by atoms with Gasteiger partial charge in [0.2, 0.25) is 5.91 Å². The summed E-state index contributed by atoms with van der Waals surface area (Å²) in [6, 6.07) is 14.1. The fraction of sp³-hybridized carbons (Fsp3) is 0.350. The monoisotopic (exact) mass is 391 g/mol. The second-order valence-corrected chi connectivity index (χ2v) is 8.24. The van der Waals surface area contributed by atoms with Gasteiger partial charge in [0.1, 0.15) is 5.75 Å². The maximum Gasteiger partial charge on any atom is 0.220 e. The van der Waals surface area contributed by atoms with E-state index in [9.17, 15) is 13.2 Å². The molecule has 7 heteroatoms. The van der Waals surface area contributed by atoms with Crippen LogP contribution in [-0.2, 0) is 25.8 Å². The molecular weight excluding hydrogens is 366 g/mol. The molecule has 2 aromatic carbocycles. The lowest BCUT2D eigenvalue weighted by molar-refractivity contribution is -0.121. The third-order valence-electron chi connectivity index (χ3n) is 4.23. The van der Waals surface area contributed by atoms with Crippen molar-refractivity contribution in [3.05, 3.63) is 59.7 Å². The number of sulfone groups is 1. The molecule has 1 amide bonds. The van der Waals surface area contributed by atoms with Gasteiger partial charge >= 0.3 is 0 Å². The zero-order valence-electron chi connectivity index (χ0n) is 15.8. The van der Waals surface area contributed by atoms with E-state index in [4.69, 9.17) is 9.47 Å². The van der Waals surface area contributed by atoms with E-state index in [1.54, 1.807) is 38.5 Å². The fourth-order valence-corrected chi connectivity index (χ4v) is 3.27. The van der Waals surface area contributed by atoms with Gasteiger partial charge < -0.3 is 14.8 Å². The first-order valence-corrected chi connectivity index (χ1v) is 10.4. The molecule has 0 saturated carbocycles. The van der Waals surface area contributed by atoms with Crippen molar-refractivity contribution < 1.29 is 22.7 Å². The Balaban J connectivity index is 1.86. The molecule has 0 bridgehead atoms. The normalized spacial score (nSPS) is 12.4. The first-order valence-electron chi connectivity index (χ1n) is 8.56. The number of benzene rings is 2. The van der Waals surface area contributed by atoms with Crippen molar-refractivity contribution in [1.29, 1.82) is 0 Å². The van der Waals surface area contributed by atoms with Gasteiger partial charge in [-0.1, -0.05) is 24.3 Å². The topological polar surface area (TPSA) is 81.7 Å². The summed E-state index contributed by atoms with van der Waals surface area (Å²) >= 11 is 0. The second-order valence-electron chi connectivity index (χ2n) is 6.22. The van der Waals surface area contributed by atoms with Crippen molar-refractivity contribution in [2.45, 2.75) is 23.8 Å². The Labute approximate surface area is 160 Å².